The molecule has 7 N–H and O–H groups in total. The minimum atomic E-state index is -5.05. The summed E-state index contributed by atoms with van der Waals surface area (Å²) in [5.74, 6) is -12.3. The number of carbonyl (C=O) groups is 11. The average molecular weight is 1220 g/mol. The van der Waals surface area contributed by atoms with E-state index < -0.39 is 180 Å². The first-order chi connectivity index (χ1) is 39.3. The maximum Gasteiger partial charge on any atom is 0.391 e. The number of ketones is 1. The van der Waals surface area contributed by atoms with Crippen molar-refractivity contribution < 1.29 is 80.1 Å². The number of aryl methyl sites for hydroxylation is 1. The Balaban J connectivity index is 2.64. The van der Waals surface area contributed by atoms with Crippen molar-refractivity contribution in [3.63, 3.8) is 0 Å². The highest BCUT2D eigenvalue weighted by atomic mass is 19.4. The van der Waals surface area contributed by atoms with Gasteiger partial charge in [0.2, 0.25) is 41.2 Å². The van der Waals surface area contributed by atoms with Crippen LogP contribution in [-0.2, 0) is 73.4 Å². The number of carbonyl (C=O) groups excluding carboxylic acids is 11. The van der Waals surface area contributed by atoms with Gasteiger partial charge >= 0.3 is 24.1 Å². The monoisotopic (exact) mass is 1220 g/mol. The summed E-state index contributed by atoms with van der Waals surface area (Å²) >= 11 is 0. The Kier molecular flexibility index (Phi) is 28.1. The van der Waals surface area contributed by atoms with Gasteiger partial charge in [-0.05, 0) is 116 Å². The molecule has 0 bridgehead atoms. The smallest absolute Gasteiger partial charge is 0.391 e. The molecular weight excluding hydrogens is 1120 g/mol. The third-order valence-electron chi connectivity index (χ3n) is 12.6. The molecule has 2 aromatic carbocycles. The van der Waals surface area contributed by atoms with Gasteiger partial charge in [0.1, 0.15) is 53.1 Å². The van der Waals surface area contributed by atoms with Gasteiger partial charge in [-0.3, -0.25) is 52.7 Å². The van der Waals surface area contributed by atoms with Crippen LogP contribution in [0.2, 0.25) is 0 Å². The summed E-state index contributed by atoms with van der Waals surface area (Å²) in [4.78, 5) is 152. The Bertz CT molecular complexity index is 2690. The summed E-state index contributed by atoms with van der Waals surface area (Å²) < 4.78 is 58.6. The van der Waals surface area contributed by atoms with Crippen molar-refractivity contribution in [2.24, 2.45) is 17.3 Å². The molecule has 0 radical (unpaired) electrons. The van der Waals surface area contributed by atoms with E-state index in [2.05, 4.69) is 37.2 Å². The van der Waals surface area contributed by atoms with Crippen LogP contribution in [0.3, 0.4) is 0 Å². The van der Waals surface area contributed by atoms with Crippen molar-refractivity contribution in [1.29, 1.82) is 0 Å². The molecule has 0 spiro atoms. The summed E-state index contributed by atoms with van der Waals surface area (Å²) in [7, 11) is 0. The van der Waals surface area contributed by atoms with Crippen LogP contribution in [-0.4, -0.2) is 124 Å². The summed E-state index contributed by atoms with van der Waals surface area (Å²) in [6.45, 7) is 27.7. The topological polar surface area (TPSA) is 300 Å². The van der Waals surface area contributed by atoms with Crippen LogP contribution in [0.4, 0.5) is 13.2 Å². The lowest BCUT2D eigenvalue weighted by Gasteiger charge is -2.34. The standard InChI is InChI=1S/C62H92F3N7O14/c1-35(2)31-41(53(79)70-44(34-62(63,64)65)50(77)56(82)71-49(36(3)4)38-24-19-18-20-25-38)69-57(83)51(58(6,7)8)72-55(81)42(32-39-26-22-21-23-37(39)5)68-52(78)40(27-29-46(74)84-59(9,10)11)67-54(80)43(33-48(76)86-61(15,16)17)66-45(73)28-30-47(75)85-60(12,13)14/h18-26,35-36,40-44,49,51H,27-34H2,1-17H3,(H,66,73)(H,67,80)(H,68,78)(H,69,83)(H,70,79)(H,71,82)(H,72,81)/t40-,41-,42-,43-,44?,49-,51+/m0/s1. The lowest BCUT2D eigenvalue weighted by Crippen LogP contribution is -2.62. The average Bonchev–Trinajstić information content (AvgIpc) is 1.51. The molecule has 0 heterocycles. The van der Waals surface area contributed by atoms with Crippen LogP contribution in [0.15, 0.2) is 54.6 Å². The molecule has 0 fully saturated rings. The number of Topliss-reactive ketones (excluding diaryl/α,β-unsaturated/α-hetero) is 1. The predicted molar refractivity (Wildman–Crippen MR) is 314 cm³/mol. The maximum atomic E-state index is 14.8. The molecule has 24 heteroatoms. The summed E-state index contributed by atoms with van der Waals surface area (Å²) in [5.41, 5.74) is -2.30. The normalized spacial score (nSPS) is 14.6. The van der Waals surface area contributed by atoms with E-state index in [0.717, 1.165) is 0 Å². The molecule has 7 amide bonds. The van der Waals surface area contributed by atoms with Crippen LogP contribution in [0.25, 0.3) is 0 Å². The van der Waals surface area contributed by atoms with E-state index in [1.54, 1.807) is 172 Å². The van der Waals surface area contributed by atoms with Gasteiger partial charge in [0.05, 0.1) is 25.3 Å². The van der Waals surface area contributed by atoms with Crippen LogP contribution >= 0.6 is 0 Å². The lowest BCUT2D eigenvalue weighted by molar-refractivity contribution is -0.158. The Morgan fingerprint density at radius 3 is 1.47 bits per heavy atom. The van der Waals surface area contributed by atoms with Gasteiger partial charge < -0.3 is 51.4 Å². The highest BCUT2D eigenvalue weighted by Crippen LogP contribution is 2.26. The zero-order valence-corrected chi connectivity index (χ0v) is 52.9. The Labute approximate surface area is 503 Å². The second-order valence-corrected chi connectivity index (χ2v) is 26.2. The first kappa shape index (κ1) is 74.7. The molecule has 0 aliphatic heterocycles. The highest BCUT2D eigenvalue weighted by Gasteiger charge is 2.42. The number of hydrogen-bond donors (Lipinski definition) is 7. The predicted octanol–water partition coefficient (Wildman–Crippen LogP) is 6.55. The van der Waals surface area contributed by atoms with Crippen LogP contribution in [0.1, 0.15) is 178 Å². The summed E-state index contributed by atoms with van der Waals surface area (Å²) in [5, 5.41) is 17.3. The van der Waals surface area contributed by atoms with Crippen molar-refractivity contribution in [3.8, 4) is 0 Å². The number of rotatable bonds is 29. The molecule has 2 rings (SSSR count). The first-order valence-electron chi connectivity index (χ1n) is 28.8. The Morgan fingerprint density at radius 2 is 0.953 bits per heavy atom. The number of esters is 3. The van der Waals surface area contributed by atoms with Crippen molar-refractivity contribution in [2.75, 3.05) is 0 Å². The van der Waals surface area contributed by atoms with Gasteiger partial charge in [0, 0.05) is 19.3 Å². The Morgan fingerprint density at radius 1 is 0.488 bits per heavy atom. The zero-order chi connectivity index (χ0) is 65.9. The highest BCUT2D eigenvalue weighted by molar-refractivity contribution is 6.38. The van der Waals surface area contributed by atoms with Crippen molar-refractivity contribution >= 4 is 65.0 Å². The second-order valence-electron chi connectivity index (χ2n) is 26.2. The molecule has 2 aromatic rings. The fourth-order valence-electron chi connectivity index (χ4n) is 8.63. The van der Waals surface area contributed by atoms with Gasteiger partial charge in [0.15, 0.2) is 0 Å². The molecule has 0 saturated carbocycles. The number of hydrogen-bond acceptors (Lipinski definition) is 14. The lowest BCUT2D eigenvalue weighted by atomic mass is 9.85. The molecular formula is C62H92F3N7O14. The van der Waals surface area contributed by atoms with E-state index in [-0.39, 0.29) is 18.8 Å². The number of halogens is 3. The van der Waals surface area contributed by atoms with E-state index in [9.17, 15) is 65.9 Å². The minimum absolute atomic E-state index is 0.193. The maximum absolute atomic E-state index is 14.8. The van der Waals surface area contributed by atoms with E-state index in [1.807, 2.05) is 0 Å². The van der Waals surface area contributed by atoms with Crippen molar-refractivity contribution in [3.05, 3.63) is 71.3 Å². The van der Waals surface area contributed by atoms with Gasteiger partial charge in [-0.25, -0.2) is 0 Å². The number of ether oxygens (including phenoxy) is 3. The van der Waals surface area contributed by atoms with E-state index >= 15 is 0 Å². The molecule has 21 nitrogen and oxygen atoms in total. The molecule has 480 valence electrons. The largest absolute Gasteiger partial charge is 0.460 e. The molecule has 0 aliphatic rings. The summed E-state index contributed by atoms with van der Waals surface area (Å²) in [6, 6.07) is 3.86. The third-order valence-corrected chi connectivity index (χ3v) is 12.6. The fraction of sp³-hybridized carbons (Fsp3) is 0.629. The molecule has 1 unspecified atom stereocenters. The van der Waals surface area contributed by atoms with Crippen LogP contribution < -0.4 is 37.2 Å². The zero-order valence-electron chi connectivity index (χ0n) is 52.9. The SMILES string of the molecule is Cc1ccccc1C[C@H](NC(=O)[C@H](CCC(=O)OC(C)(C)C)NC(=O)[C@H](CC(=O)OC(C)(C)C)NC(=O)CCC(=O)OC(C)(C)C)C(=O)N[C@H](C(=O)N[C@@H](CC(C)C)C(=O)NC(CC(F)(F)F)C(=O)C(=O)N[C@H](c1ccccc1)C(C)C)C(C)(C)C. The molecule has 86 heavy (non-hydrogen) atoms. The third kappa shape index (κ3) is 28.7. The van der Waals surface area contributed by atoms with Crippen LogP contribution in [0, 0.1) is 24.2 Å². The minimum Gasteiger partial charge on any atom is -0.460 e. The molecule has 0 aromatic heterocycles. The van der Waals surface area contributed by atoms with Crippen LogP contribution in [0.5, 0.6) is 0 Å². The number of nitrogens with one attached hydrogen (secondary N) is 7. The number of alkyl halides is 3. The van der Waals surface area contributed by atoms with Crippen molar-refractivity contribution in [2.45, 2.75) is 234 Å². The van der Waals surface area contributed by atoms with E-state index in [0.29, 0.717) is 16.7 Å². The van der Waals surface area contributed by atoms with Gasteiger partial charge in [0.25, 0.3) is 5.91 Å². The molecule has 0 saturated heterocycles. The number of benzene rings is 2. The van der Waals surface area contributed by atoms with Crippen molar-refractivity contribution in [1.82, 2.24) is 37.2 Å². The quantitative estimate of drug-likeness (QED) is 0.0258. The Hall–Kier alpha value is -7.40. The van der Waals surface area contributed by atoms with E-state index in [4.69, 9.17) is 14.2 Å². The second kappa shape index (κ2) is 32.4. The number of amides is 7. The van der Waals surface area contributed by atoms with Gasteiger partial charge in [-0.2, -0.15) is 13.2 Å². The fourth-order valence-corrected chi connectivity index (χ4v) is 8.63. The van der Waals surface area contributed by atoms with Gasteiger partial charge in [-0.1, -0.05) is 103 Å². The molecule has 0 aliphatic carbocycles. The first-order valence-corrected chi connectivity index (χ1v) is 28.8. The van der Waals surface area contributed by atoms with E-state index in [1.165, 1.54) is 0 Å². The summed E-state index contributed by atoms with van der Waals surface area (Å²) in [6.07, 6.45) is -9.98. The molecule has 7 atom stereocenters. The van der Waals surface area contributed by atoms with Gasteiger partial charge in [-0.15, -0.1) is 0 Å².